The molecule has 3 N–H and O–H groups in total. The van der Waals surface area contributed by atoms with Gasteiger partial charge in [-0.2, -0.15) is 9.28 Å². The Hall–Kier alpha value is -1.63. The monoisotopic (exact) mass is 447 g/mol. The van der Waals surface area contributed by atoms with Crippen molar-refractivity contribution < 1.29 is 24.3 Å². The van der Waals surface area contributed by atoms with Gasteiger partial charge in [-0.3, -0.25) is 9.68 Å². The molecule has 5 nitrogen and oxygen atoms in total. The molecule has 0 saturated carbocycles. The number of nitrogens with one attached hydrogen (secondary N) is 1. The van der Waals surface area contributed by atoms with Gasteiger partial charge < -0.3 is 10.6 Å². The van der Waals surface area contributed by atoms with Gasteiger partial charge in [-0.15, -0.1) is 0 Å². The van der Waals surface area contributed by atoms with Gasteiger partial charge in [0, 0.05) is 33.9 Å². The first-order valence-electron chi connectivity index (χ1n) is 7.46. The number of piperidine rings is 1. The molecule has 0 aliphatic carbocycles. The zero-order valence-electron chi connectivity index (χ0n) is 13.5. The summed E-state index contributed by atoms with van der Waals surface area (Å²) in [4.78, 5) is 19.9. The molecule has 1 amide bonds. The van der Waals surface area contributed by atoms with Crippen LogP contribution in [0.5, 0.6) is 0 Å². The van der Waals surface area contributed by atoms with Crippen LogP contribution in [-0.2, 0) is 14.6 Å². The highest BCUT2D eigenvalue weighted by Crippen LogP contribution is 2.15. The van der Waals surface area contributed by atoms with Crippen LogP contribution in [0.4, 0.5) is 10.1 Å². The second kappa shape index (κ2) is 11.8. The molecule has 2 rings (SSSR count). The van der Waals surface area contributed by atoms with Crippen molar-refractivity contribution in [1.29, 1.82) is 0 Å². The number of nitrogens with two attached hydrogens (primary N) is 1. The highest BCUT2D eigenvalue weighted by atomic mass is 127. The Morgan fingerprint density at radius 2 is 2.00 bits per heavy atom. The van der Waals surface area contributed by atoms with Crippen LogP contribution in [0.2, 0.25) is 0 Å². The molecule has 1 fully saturated rings. The van der Waals surface area contributed by atoms with E-state index in [1.807, 2.05) is 36.3 Å². The van der Waals surface area contributed by atoms with Gasteiger partial charge in [-0.05, 0) is 46.9 Å². The minimum Gasteiger partial charge on any atom is -0.346 e. The zero-order valence-corrected chi connectivity index (χ0v) is 15.6. The summed E-state index contributed by atoms with van der Waals surface area (Å²) < 4.78 is 12.7. The van der Waals surface area contributed by atoms with E-state index in [0.717, 1.165) is 31.6 Å². The molecule has 0 aromatic heterocycles. The summed E-state index contributed by atoms with van der Waals surface area (Å²) in [6, 6.07) is 7.92. The standard InChI is InChI=1S/C12H15IN2O.C5H5FO2/c13-10-1-3-11(4-2-10)15-12(16)9-5-7-14-8-6-9;1-5(6)3-4-8-7-2/h1-4,9,14H,5-8H2,(H,15,16);1H2,2H3/p+1. The molecule has 1 saturated heterocycles. The summed E-state index contributed by atoms with van der Waals surface area (Å²) >= 11 is 2.26. The van der Waals surface area contributed by atoms with E-state index in [0.29, 0.717) is 0 Å². The molecule has 0 bridgehead atoms. The molecule has 0 unspecified atom stereocenters. The number of hydrogen-bond donors (Lipinski definition) is 2. The molecule has 1 aliphatic heterocycles. The van der Waals surface area contributed by atoms with Crippen molar-refractivity contribution in [2.75, 3.05) is 25.5 Å². The van der Waals surface area contributed by atoms with E-state index in [1.165, 1.54) is 10.7 Å². The Balaban J connectivity index is 0.000000307. The van der Waals surface area contributed by atoms with E-state index >= 15 is 0 Å². The lowest BCUT2D eigenvalue weighted by Gasteiger charge is -2.19. The van der Waals surface area contributed by atoms with Crippen LogP contribution in [0.25, 0.3) is 0 Å². The third-order valence-corrected chi connectivity index (χ3v) is 3.95. The zero-order chi connectivity index (χ0) is 17.8. The molecule has 1 heterocycles. The van der Waals surface area contributed by atoms with E-state index in [9.17, 15) is 9.18 Å². The summed E-state index contributed by atoms with van der Waals surface area (Å²) in [5.41, 5.74) is 0.903. The Labute approximate surface area is 155 Å². The van der Waals surface area contributed by atoms with Gasteiger partial charge in [0.2, 0.25) is 5.91 Å². The van der Waals surface area contributed by atoms with Gasteiger partial charge in [-0.1, -0.05) is 6.58 Å². The van der Waals surface area contributed by atoms with Gasteiger partial charge >= 0.3 is 0 Å². The highest BCUT2D eigenvalue weighted by Gasteiger charge is 2.22. The van der Waals surface area contributed by atoms with Crippen LogP contribution in [-0.4, -0.2) is 26.1 Å². The predicted molar refractivity (Wildman–Crippen MR) is 98.3 cm³/mol. The summed E-state index contributed by atoms with van der Waals surface area (Å²) in [6.07, 6.45) is 3.88. The smallest absolute Gasteiger partial charge is 0.227 e. The number of allylic oxidation sites excluding steroid dienone is 1. The van der Waals surface area contributed by atoms with Crippen molar-refractivity contribution in [2.45, 2.75) is 12.8 Å². The van der Waals surface area contributed by atoms with Crippen LogP contribution in [0.3, 0.4) is 0 Å². The normalized spacial score (nSPS) is 13.6. The van der Waals surface area contributed by atoms with Crippen LogP contribution >= 0.6 is 22.6 Å². The molecular weight excluding hydrogens is 426 g/mol. The quantitative estimate of drug-likeness (QED) is 0.323. The fraction of sp³-hybridized carbons (Fsp3) is 0.353. The average molecular weight is 447 g/mol. The van der Waals surface area contributed by atoms with Crippen molar-refractivity contribution >= 4 is 34.2 Å². The fourth-order valence-corrected chi connectivity index (χ4v) is 2.44. The van der Waals surface area contributed by atoms with Gasteiger partial charge in [-0.25, -0.2) is 0 Å². The lowest BCUT2D eigenvalue weighted by Crippen LogP contribution is -2.86. The third kappa shape index (κ3) is 8.86. The summed E-state index contributed by atoms with van der Waals surface area (Å²) in [5, 5.41) is 5.26. The first kappa shape index (κ1) is 20.4. The number of anilines is 1. The van der Waals surface area contributed by atoms with E-state index in [2.05, 4.69) is 49.6 Å². The number of carbonyl (C=O) groups is 1. The molecule has 0 spiro atoms. The molecule has 7 heteroatoms. The molecule has 0 radical (unpaired) electrons. The van der Waals surface area contributed by atoms with E-state index in [-0.39, 0.29) is 11.8 Å². The Bertz CT molecular complexity index is 590. The SMILES string of the molecule is C=C(F)C#COOC.O=C(Nc1ccc(I)cc1)C1CC[NH2+]CC1. The van der Waals surface area contributed by atoms with Crippen LogP contribution < -0.4 is 10.6 Å². The first-order valence-corrected chi connectivity index (χ1v) is 8.54. The van der Waals surface area contributed by atoms with Crippen LogP contribution in [0.15, 0.2) is 36.7 Å². The third-order valence-electron chi connectivity index (χ3n) is 3.23. The van der Waals surface area contributed by atoms with Gasteiger partial charge in [0.25, 0.3) is 0 Å². The van der Waals surface area contributed by atoms with Gasteiger partial charge in [0.05, 0.1) is 20.2 Å². The van der Waals surface area contributed by atoms with Crippen molar-refractivity contribution in [2.24, 2.45) is 5.92 Å². The fourth-order valence-electron chi connectivity index (χ4n) is 2.08. The Morgan fingerprint density at radius 1 is 1.38 bits per heavy atom. The number of quaternary nitrogens is 1. The minimum atomic E-state index is -0.748. The lowest BCUT2D eigenvalue weighted by molar-refractivity contribution is -0.663. The first-order chi connectivity index (χ1) is 11.5. The minimum absolute atomic E-state index is 0.175. The molecule has 0 atom stereocenters. The molecule has 1 aromatic rings. The van der Waals surface area contributed by atoms with Crippen molar-refractivity contribution in [3.63, 3.8) is 0 Å². The maximum absolute atomic E-state index is 11.9. The molecule has 24 heavy (non-hydrogen) atoms. The van der Waals surface area contributed by atoms with E-state index in [4.69, 9.17) is 0 Å². The summed E-state index contributed by atoms with van der Waals surface area (Å²) in [7, 11) is 1.27. The number of benzene rings is 1. The highest BCUT2D eigenvalue weighted by molar-refractivity contribution is 14.1. The van der Waals surface area contributed by atoms with E-state index in [1.54, 1.807) is 0 Å². The topological polar surface area (TPSA) is 64.2 Å². The lowest BCUT2D eigenvalue weighted by atomic mass is 9.97. The predicted octanol–water partition coefficient (Wildman–Crippen LogP) is 2.21. The van der Waals surface area contributed by atoms with Crippen molar-refractivity contribution in [1.82, 2.24) is 0 Å². The number of carbonyl (C=O) groups excluding carboxylic acids is 1. The summed E-state index contributed by atoms with van der Waals surface area (Å²) in [5.74, 6) is 1.51. The second-order valence-electron chi connectivity index (χ2n) is 5.02. The number of hydrogen-bond acceptors (Lipinski definition) is 3. The number of halogens is 2. The molecule has 1 aromatic carbocycles. The molecule has 1 aliphatic rings. The van der Waals surface area contributed by atoms with Gasteiger partial charge in [0.1, 0.15) is 0 Å². The largest absolute Gasteiger partial charge is 0.346 e. The van der Waals surface area contributed by atoms with Crippen LogP contribution in [0, 0.1) is 21.5 Å². The maximum atomic E-state index is 11.9. The number of amides is 1. The second-order valence-corrected chi connectivity index (χ2v) is 6.26. The van der Waals surface area contributed by atoms with E-state index < -0.39 is 5.83 Å². The molecule has 130 valence electrons. The van der Waals surface area contributed by atoms with Crippen molar-refractivity contribution in [3.05, 3.63) is 40.2 Å². The van der Waals surface area contributed by atoms with Crippen molar-refractivity contribution in [3.8, 4) is 12.0 Å². The molecular formula is C17H21FIN2O3+. The summed E-state index contributed by atoms with van der Waals surface area (Å²) in [6.45, 7) is 5.00. The Kier molecular flexibility index (Phi) is 10.1. The van der Waals surface area contributed by atoms with Gasteiger partial charge in [0.15, 0.2) is 11.9 Å². The Morgan fingerprint density at radius 3 is 2.54 bits per heavy atom. The maximum Gasteiger partial charge on any atom is 0.227 e. The van der Waals surface area contributed by atoms with Crippen LogP contribution in [0.1, 0.15) is 12.8 Å². The average Bonchev–Trinajstić information content (AvgIpc) is 2.58. The number of rotatable bonds is 3.